The summed E-state index contributed by atoms with van der Waals surface area (Å²) in [5, 5.41) is 2.81. The van der Waals surface area contributed by atoms with Crippen LogP contribution in [0.1, 0.15) is 35.8 Å². The Morgan fingerprint density at radius 1 is 1.56 bits per heavy atom. The lowest BCUT2D eigenvalue weighted by Gasteiger charge is -2.19. The number of aromatic amines is 1. The topological polar surface area (TPSA) is 71.2 Å². The Kier molecular flexibility index (Phi) is 3.81. The number of hydrogen-bond donors (Lipinski definition) is 2. The molecule has 0 aromatic carbocycles. The largest absolute Gasteiger partial charge is 0.376 e. The van der Waals surface area contributed by atoms with Gasteiger partial charge in [-0.3, -0.25) is 9.59 Å². The summed E-state index contributed by atoms with van der Waals surface area (Å²) in [5.74, 6) is -0.348. The van der Waals surface area contributed by atoms with Crippen LogP contribution in [0.4, 0.5) is 0 Å². The molecule has 2 atom stereocenters. The van der Waals surface area contributed by atoms with Crippen LogP contribution in [0, 0.1) is 6.92 Å². The van der Waals surface area contributed by atoms with Crippen molar-refractivity contribution in [2.75, 3.05) is 6.61 Å². The van der Waals surface area contributed by atoms with E-state index in [1.165, 1.54) is 0 Å². The number of amides is 1. The Morgan fingerprint density at radius 2 is 2.33 bits per heavy atom. The lowest BCUT2D eigenvalue weighted by Crippen LogP contribution is -2.42. The van der Waals surface area contributed by atoms with Crippen molar-refractivity contribution in [3.05, 3.63) is 33.7 Å². The zero-order valence-corrected chi connectivity index (χ0v) is 10.7. The summed E-state index contributed by atoms with van der Waals surface area (Å²) in [4.78, 5) is 26.2. The van der Waals surface area contributed by atoms with Crippen LogP contribution in [0.5, 0.6) is 0 Å². The third kappa shape index (κ3) is 2.79. The first kappa shape index (κ1) is 12.8. The lowest BCUT2D eigenvalue weighted by atomic mass is 10.1. The van der Waals surface area contributed by atoms with Gasteiger partial charge >= 0.3 is 0 Å². The monoisotopic (exact) mass is 250 g/mol. The van der Waals surface area contributed by atoms with Crippen LogP contribution in [0.3, 0.4) is 0 Å². The number of nitrogens with one attached hydrogen (secondary N) is 2. The van der Waals surface area contributed by atoms with E-state index in [0.29, 0.717) is 0 Å². The molecule has 1 aromatic rings. The maximum Gasteiger partial charge on any atom is 0.260 e. The molecule has 1 amide bonds. The van der Waals surface area contributed by atoms with Gasteiger partial charge in [0, 0.05) is 12.3 Å². The van der Waals surface area contributed by atoms with Gasteiger partial charge in [-0.05, 0) is 38.8 Å². The molecule has 0 aliphatic carbocycles. The Bertz CT molecular complexity index is 489. The minimum Gasteiger partial charge on any atom is -0.376 e. The first-order valence-electron chi connectivity index (χ1n) is 6.20. The standard InChI is InChI=1S/C13H18N2O3/c1-8-5-6-10(12(16)14-8)13(17)15-9(2)11-4-3-7-18-11/h5-6,9,11H,3-4,7H2,1-2H3,(H,14,16)(H,15,17). The average molecular weight is 250 g/mol. The quantitative estimate of drug-likeness (QED) is 0.840. The molecule has 98 valence electrons. The Morgan fingerprint density at radius 3 is 2.94 bits per heavy atom. The molecule has 0 spiro atoms. The summed E-state index contributed by atoms with van der Waals surface area (Å²) < 4.78 is 5.50. The summed E-state index contributed by atoms with van der Waals surface area (Å²) in [6.07, 6.45) is 2.03. The fourth-order valence-electron chi connectivity index (χ4n) is 2.13. The molecule has 1 aliphatic rings. The van der Waals surface area contributed by atoms with Crippen molar-refractivity contribution in [1.29, 1.82) is 0 Å². The van der Waals surface area contributed by atoms with E-state index >= 15 is 0 Å². The van der Waals surface area contributed by atoms with Gasteiger partial charge in [-0.2, -0.15) is 0 Å². The van der Waals surface area contributed by atoms with Gasteiger partial charge in [0.25, 0.3) is 11.5 Å². The van der Waals surface area contributed by atoms with E-state index in [4.69, 9.17) is 4.74 Å². The van der Waals surface area contributed by atoms with Crippen molar-refractivity contribution in [1.82, 2.24) is 10.3 Å². The van der Waals surface area contributed by atoms with Gasteiger partial charge in [-0.1, -0.05) is 0 Å². The van der Waals surface area contributed by atoms with Gasteiger partial charge in [0.05, 0.1) is 12.1 Å². The van der Waals surface area contributed by atoms with Crippen LogP contribution in [-0.2, 0) is 4.74 Å². The molecular formula is C13H18N2O3. The van der Waals surface area contributed by atoms with Crippen LogP contribution in [0.2, 0.25) is 0 Å². The zero-order chi connectivity index (χ0) is 13.1. The minimum atomic E-state index is -0.355. The second-order valence-corrected chi connectivity index (χ2v) is 4.70. The van der Waals surface area contributed by atoms with E-state index in [2.05, 4.69) is 10.3 Å². The molecule has 0 bridgehead atoms. The maximum atomic E-state index is 12.0. The maximum absolute atomic E-state index is 12.0. The van der Waals surface area contributed by atoms with Crippen molar-refractivity contribution in [3.8, 4) is 0 Å². The molecule has 1 aromatic heterocycles. The number of aryl methyl sites for hydroxylation is 1. The highest BCUT2D eigenvalue weighted by Crippen LogP contribution is 2.15. The normalized spacial score (nSPS) is 20.7. The van der Waals surface area contributed by atoms with Crippen LogP contribution in [-0.4, -0.2) is 29.6 Å². The van der Waals surface area contributed by atoms with Crippen molar-refractivity contribution in [2.24, 2.45) is 0 Å². The van der Waals surface area contributed by atoms with Gasteiger partial charge in [0.1, 0.15) is 5.56 Å². The summed E-state index contributed by atoms with van der Waals surface area (Å²) >= 11 is 0. The summed E-state index contributed by atoms with van der Waals surface area (Å²) in [7, 11) is 0. The SMILES string of the molecule is Cc1ccc(C(=O)NC(C)C2CCCO2)c(=O)[nH]1. The van der Waals surface area contributed by atoms with Crippen LogP contribution in [0.25, 0.3) is 0 Å². The van der Waals surface area contributed by atoms with Gasteiger partial charge in [0.15, 0.2) is 0 Å². The first-order valence-corrected chi connectivity index (χ1v) is 6.20. The van der Waals surface area contributed by atoms with E-state index in [1.54, 1.807) is 19.1 Å². The van der Waals surface area contributed by atoms with Gasteiger partial charge < -0.3 is 15.0 Å². The fourth-order valence-corrected chi connectivity index (χ4v) is 2.13. The second-order valence-electron chi connectivity index (χ2n) is 4.70. The molecule has 0 saturated carbocycles. The molecule has 2 heterocycles. The Hall–Kier alpha value is -1.62. The molecule has 1 saturated heterocycles. The van der Waals surface area contributed by atoms with Crippen molar-refractivity contribution >= 4 is 5.91 Å². The van der Waals surface area contributed by atoms with Crippen LogP contribution >= 0.6 is 0 Å². The molecule has 1 aliphatic heterocycles. The highest BCUT2D eigenvalue weighted by atomic mass is 16.5. The fraction of sp³-hybridized carbons (Fsp3) is 0.538. The summed E-state index contributed by atoms with van der Waals surface area (Å²) in [6.45, 7) is 4.42. The van der Waals surface area contributed by atoms with E-state index in [0.717, 1.165) is 25.1 Å². The number of H-pyrrole nitrogens is 1. The highest BCUT2D eigenvalue weighted by Gasteiger charge is 2.24. The zero-order valence-electron chi connectivity index (χ0n) is 10.7. The lowest BCUT2D eigenvalue weighted by molar-refractivity contribution is 0.0711. The predicted octanol–water partition coefficient (Wildman–Crippen LogP) is 0.981. The van der Waals surface area contributed by atoms with Gasteiger partial charge in [-0.15, -0.1) is 0 Å². The van der Waals surface area contributed by atoms with Gasteiger partial charge in [0.2, 0.25) is 0 Å². The van der Waals surface area contributed by atoms with Crippen molar-refractivity contribution < 1.29 is 9.53 Å². The smallest absolute Gasteiger partial charge is 0.260 e. The molecule has 2 unspecified atom stereocenters. The molecule has 5 nitrogen and oxygen atoms in total. The Balaban J connectivity index is 2.05. The molecule has 2 rings (SSSR count). The molecule has 2 N–H and O–H groups in total. The third-order valence-electron chi connectivity index (χ3n) is 3.18. The van der Waals surface area contributed by atoms with Crippen molar-refractivity contribution in [2.45, 2.75) is 38.8 Å². The minimum absolute atomic E-state index is 0.0541. The number of pyridine rings is 1. The highest BCUT2D eigenvalue weighted by molar-refractivity contribution is 5.94. The predicted molar refractivity (Wildman–Crippen MR) is 67.7 cm³/mol. The van der Waals surface area contributed by atoms with Crippen molar-refractivity contribution in [3.63, 3.8) is 0 Å². The molecule has 18 heavy (non-hydrogen) atoms. The first-order chi connectivity index (χ1) is 8.58. The second kappa shape index (κ2) is 5.35. The number of rotatable bonds is 3. The molecule has 5 heteroatoms. The number of carbonyl (C=O) groups is 1. The van der Waals surface area contributed by atoms with Crippen LogP contribution < -0.4 is 10.9 Å². The third-order valence-corrected chi connectivity index (χ3v) is 3.18. The molecule has 0 radical (unpaired) electrons. The van der Waals surface area contributed by atoms with E-state index in [9.17, 15) is 9.59 Å². The number of carbonyl (C=O) groups excluding carboxylic acids is 1. The van der Waals surface area contributed by atoms with E-state index in [-0.39, 0.29) is 29.2 Å². The van der Waals surface area contributed by atoms with E-state index in [1.807, 2.05) is 6.92 Å². The summed E-state index contributed by atoms with van der Waals surface area (Å²) in [5.41, 5.74) is 0.529. The number of ether oxygens (including phenoxy) is 1. The average Bonchev–Trinajstić information content (AvgIpc) is 2.81. The molecule has 1 fully saturated rings. The summed E-state index contributed by atoms with van der Waals surface area (Å²) in [6, 6.07) is 3.18. The van der Waals surface area contributed by atoms with Crippen LogP contribution in [0.15, 0.2) is 16.9 Å². The van der Waals surface area contributed by atoms with Gasteiger partial charge in [-0.25, -0.2) is 0 Å². The molecular weight excluding hydrogens is 232 g/mol. The number of aromatic nitrogens is 1. The Labute approximate surface area is 106 Å². The number of hydrogen-bond acceptors (Lipinski definition) is 3. The van der Waals surface area contributed by atoms with E-state index < -0.39 is 0 Å².